The molecule has 3 fully saturated rings. The molecule has 3 nitrogen and oxygen atoms in total. The highest BCUT2D eigenvalue weighted by Crippen LogP contribution is 2.58. The van der Waals surface area contributed by atoms with Crippen LogP contribution in [-0.4, -0.2) is 35.1 Å². The number of rotatable bonds is 1. The van der Waals surface area contributed by atoms with Crippen molar-refractivity contribution in [2.75, 3.05) is 13.1 Å². The van der Waals surface area contributed by atoms with Gasteiger partial charge in [-0.15, -0.1) is 0 Å². The molecule has 0 radical (unpaired) electrons. The van der Waals surface area contributed by atoms with Crippen LogP contribution >= 0.6 is 0 Å². The number of aliphatic hydroxyl groups is 1. The maximum atomic E-state index is 12.0. The van der Waals surface area contributed by atoms with Crippen LogP contribution in [0.4, 0.5) is 0 Å². The van der Waals surface area contributed by atoms with Crippen molar-refractivity contribution in [3.8, 4) is 0 Å². The zero-order chi connectivity index (χ0) is 9.71. The number of hydrogen-bond acceptors (Lipinski definition) is 2. The molecule has 1 amide bonds. The van der Waals surface area contributed by atoms with Crippen LogP contribution in [0.1, 0.15) is 25.7 Å². The molecule has 0 bridgehead atoms. The van der Waals surface area contributed by atoms with E-state index in [4.69, 9.17) is 0 Å². The third-order valence-corrected chi connectivity index (χ3v) is 4.17. The van der Waals surface area contributed by atoms with Crippen molar-refractivity contribution in [1.82, 2.24) is 4.90 Å². The third kappa shape index (κ3) is 1.18. The second-order valence-corrected chi connectivity index (χ2v) is 5.01. The first-order valence-electron chi connectivity index (χ1n) is 5.74. The normalized spacial score (nSPS) is 45.4. The zero-order valence-electron chi connectivity index (χ0n) is 8.35. The molecule has 3 aliphatic rings. The molecule has 2 aliphatic carbocycles. The topological polar surface area (TPSA) is 40.5 Å². The minimum Gasteiger partial charge on any atom is -0.391 e. The first-order valence-corrected chi connectivity index (χ1v) is 5.74. The molecular formula is C11H17NO2. The lowest BCUT2D eigenvalue weighted by Crippen LogP contribution is -2.32. The van der Waals surface area contributed by atoms with Crippen molar-refractivity contribution in [3.05, 3.63) is 0 Å². The third-order valence-electron chi connectivity index (χ3n) is 4.17. The summed E-state index contributed by atoms with van der Waals surface area (Å²) >= 11 is 0. The molecule has 0 aromatic heterocycles. The Bertz CT molecular complexity index is 252. The van der Waals surface area contributed by atoms with E-state index < -0.39 is 0 Å². The van der Waals surface area contributed by atoms with Gasteiger partial charge in [0.15, 0.2) is 0 Å². The maximum Gasteiger partial charge on any atom is 0.226 e. The van der Waals surface area contributed by atoms with Crippen molar-refractivity contribution in [1.29, 1.82) is 0 Å². The van der Waals surface area contributed by atoms with E-state index in [9.17, 15) is 9.90 Å². The highest BCUT2D eigenvalue weighted by molar-refractivity contribution is 5.82. The van der Waals surface area contributed by atoms with Crippen LogP contribution in [0.25, 0.3) is 0 Å². The minimum absolute atomic E-state index is 0.266. The minimum atomic E-state index is -0.266. The average molecular weight is 195 g/mol. The van der Waals surface area contributed by atoms with Gasteiger partial charge in [-0.25, -0.2) is 0 Å². The average Bonchev–Trinajstić information content (AvgIpc) is 2.56. The zero-order valence-corrected chi connectivity index (χ0v) is 8.35. The largest absolute Gasteiger partial charge is 0.391 e. The number of carbonyl (C=O) groups is 1. The fraction of sp³-hybridized carbons (Fsp3) is 0.909. The van der Waals surface area contributed by atoms with Gasteiger partial charge in [0.1, 0.15) is 0 Å². The SMILES string of the molecule is O=C(C1C2CCCC21)N1CC[C@H](O)C1. The molecule has 3 heteroatoms. The van der Waals surface area contributed by atoms with Crippen LogP contribution in [0.2, 0.25) is 0 Å². The quantitative estimate of drug-likeness (QED) is 0.666. The summed E-state index contributed by atoms with van der Waals surface area (Å²) in [5, 5.41) is 9.36. The van der Waals surface area contributed by atoms with Crippen molar-refractivity contribution in [2.45, 2.75) is 31.8 Å². The van der Waals surface area contributed by atoms with E-state index in [0.29, 0.717) is 30.2 Å². The number of β-amino-alcohol motifs (C(OH)–C–C–N with tert-alkyl or cyclic N) is 1. The van der Waals surface area contributed by atoms with Crippen LogP contribution in [-0.2, 0) is 4.79 Å². The van der Waals surface area contributed by atoms with Crippen molar-refractivity contribution >= 4 is 5.91 Å². The van der Waals surface area contributed by atoms with E-state index in [0.717, 1.165) is 13.0 Å². The Morgan fingerprint density at radius 3 is 2.50 bits per heavy atom. The number of aliphatic hydroxyl groups excluding tert-OH is 1. The van der Waals surface area contributed by atoms with E-state index in [1.807, 2.05) is 4.90 Å². The lowest BCUT2D eigenvalue weighted by molar-refractivity contribution is -0.132. The molecule has 14 heavy (non-hydrogen) atoms. The Kier molecular flexibility index (Phi) is 1.84. The van der Waals surface area contributed by atoms with Crippen LogP contribution in [0.15, 0.2) is 0 Å². The maximum absolute atomic E-state index is 12.0. The predicted molar refractivity (Wildman–Crippen MR) is 51.5 cm³/mol. The number of nitrogens with zero attached hydrogens (tertiary/aromatic N) is 1. The van der Waals surface area contributed by atoms with Crippen molar-refractivity contribution in [3.63, 3.8) is 0 Å². The van der Waals surface area contributed by atoms with E-state index >= 15 is 0 Å². The smallest absolute Gasteiger partial charge is 0.226 e. The highest BCUT2D eigenvalue weighted by atomic mass is 16.3. The monoisotopic (exact) mass is 195 g/mol. The van der Waals surface area contributed by atoms with Gasteiger partial charge in [-0.1, -0.05) is 6.42 Å². The lowest BCUT2D eigenvalue weighted by atomic mass is 10.1. The van der Waals surface area contributed by atoms with Crippen LogP contribution < -0.4 is 0 Å². The van der Waals surface area contributed by atoms with E-state index in [1.54, 1.807) is 0 Å². The van der Waals surface area contributed by atoms with Crippen LogP contribution in [0, 0.1) is 17.8 Å². The fourth-order valence-corrected chi connectivity index (χ4v) is 3.34. The van der Waals surface area contributed by atoms with Crippen molar-refractivity contribution in [2.24, 2.45) is 17.8 Å². The van der Waals surface area contributed by atoms with Gasteiger partial charge in [0.25, 0.3) is 0 Å². The lowest BCUT2D eigenvalue weighted by Gasteiger charge is -2.16. The van der Waals surface area contributed by atoms with Gasteiger partial charge >= 0.3 is 0 Å². The van der Waals surface area contributed by atoms with Gasteiger partial charge < -0.3 is 10.0 Å². The number of hydrogen-bond donors (Lipinski definition) is 1. The number of fused-ring (bicyclic) bond motifs is 1. The van der Waals surface area contributed by atoms with Gasteiger partial charge in [-0.2, -0.15) is 0 Å². The summed E-state index contributed by atoms with van der Waals surface area (Å²) < 4.78 is 0. The summed E-state index contributed by atoms with van der Waals surface area (Å²) in [5.41, 5.74) is 0. The van der Waals surface area contributed by atoms with Crippen LogP contribution in [0.3, 0.4) is 0 Å². The Morgan fingerprint density at radius 2 is 1.93 bits per heavy atom. The molecule has 0 spiro atoms. The van der Waals surface area contributed by atoms with E-state index in [2.05, 4.69) is 0 Å². The summed E-state index contributed by atoms with van der Waals surface area (Å²) in [7, 11) is 0. The van der Waals surface area contributed by atoms with Gasteiger partial charge in [0, 0.05) is 19.0 Å². The second-order valence-electron chi connectivity index (χ2n) is 5.01. The summed E-state index contributed by atoms with van der Waals surface area (Å²) in [4.78, 5) is 13.9. The molecule has 2 unspecified atom stereocenters. The molecule has 1 heterocycles. The van der Waals surface area contributed by atoms with E-state index in [1.165, 1.54) is 19.3 Å². The molecule has 2 saturated carbocycles. The van der Waals surface area contributed by atoms with Crippen LogP contribution in [0.5, 0.6) is 0 Å². The standard InChI is InChI=1S/C11H17NO2/c13-7-4-5-12(6-7)11(14)10-8-2-1-3-9(8)10/h7-10,13H,1-6H2/t7-,8?,9?,10?/m0/s1. The van der Waals surface area contributed by atoms with E-state index in [-0.39, 0.29) is 6.10 Å². The first kappa shape index (κ1) is 8.72. The molecule has 3 atom stereocenters. The van der Waals surface area contributed by atoms with Gasteiger partial charge in [0.2, 0.25) is 5.91 Å². The summed E-state index contributed by atoms with van der Waals surface area (Å²) in [6, 6.07) is 0. The highest BCUT2D eigenvalue weighted by Gasteiger charge is 2.57. The molecule has 3 rings (SSSR count). The Morgan fingerprint density at radius 1 is 1.21 bits per heavy atom. The van der Waals surface area contributed by atoms with Gasteiger partial charge in [0.05, 0.1) is 6.10 Å². The summed E-state index contributed by atoms with van der Waals surface area (Å²) in [5.74, 6) is 2.09. The molecule has 1 saturated heterocycles. The number of carbonyl (C=O) groups excluding carboxylic acids is 1. The summed E-state index contributed by atoms with van der Waals surface area (Å²) in [6.07, 6.45) is 4.35. The van der Waals surface area contributed by atoms with Crippen molar-refractivity contribution < 1.29 is 9.90 Å². The van der Waals surface area contributed by atoms with Gasteiger partial charge in [-0.3, -0.25) is 4.79 Å². The number of amides is 1. The molecule has 78 valence electrons. The summed E-state index contributed by atoms with van der Waals surface area (Å²) in [6.45, 7) is 1.35. The second kappa shape index (κ2) is 2.96. The Labute approximate surface area is 84.1 Å². The predicted octanol–water partition coefficient (Wildman–Crippen LogP) is 0.626. The van der Waals surface area contributed by atoms with Gasteiger partial charge in [-0.05, 0) is 31.1 Å². The molecule has 1 N–H and O–H groups in total. The molecule has 0 aromatic rings. The molecule has 1 aliphatic heterocycles. The fourth-order valence-electron chi connectivity index (χ4n) is 3.34. The molecule has 0 aromatic carbocycles. The molecular weight excluding hydrogens is 178 g/mol. The number of likely N-dealkylation sites (tertiary alicyclic amines) is 1. The Hall–Kier alpha value is -0.570. The first-order chi connectivity index (χ1) is 6.77. The Balaban J connectivity index is 1.61.